The fraction of sp³-hybridized carbons (Fsp3) is 0.412. The summed E-state index contributed by atoms with van der Waals surface area (Å²) in [7, 11) is 2.95. The van der Waals surface area contributed by atoms with Crippen LogP contribution in [0.4, 0.5) is 5.69 Å². The third-order valence-electron chi connectivity index (χ3n) is 3.87. The van der Waals surface area contributed by atoms with Gasteiger partial charge in [-0.2, -0.15) is 0 Å². The highest BCUT2D eigenvalue weighted by atomic mass is 16.5. The lowest BCUT2D eigenvalue weighted by Crippen LogP contribution is -2.35. The van der Waals surface area contributed by atoms with Crippen LogP contribution in [0.15, 0.2) is 35.9 Å². The van der Waals surface area contributed by atoms with Crippen molar-refractivity contribution in [3.05, 3.63) is 35.9 Å². The maximum Gasteiger partial charge on any atom is 0.313 e. The van der Waals surface area contributed by atoms with Crippen molar-refractivity contribution in [1.29, 1.82) is 0 Å². The van der Waals surface area contributed by atoms with Crippen molar-refractivity contribution in [3.8, 4) is 5.75 Å². The van der Waals surface area contributed by atoms with E-state index in [1.807, 2.05) is 37.3 Å². The Kier molecular flexibility index (Phi) is 5.20. The Morgan fingerprint density at radius 3 is 2.45 bits per heavy atom. The number of allylic oxidation sites excluding steroid dienone is 1. The maximum absolute atomic E-state index is 12.8. The van der Waals surface area contributed by atoms with E-state index in [-0.39, 0.29) is 11.9 Å². The molecule has 1 amide bonds. The number of benzene rings is 1. The van der Waals surface area contributed by atoms with E-state index < -0.39 is 5.92 Å². The summed E-state index contributed by atoms with van der Waals surface area (Å²) >= 11 is 0. The van der Waals surface area contributed by atoms with Crippen LogP contribution in [0.25, 0.3) is 0 Å². The Bertz CT molecular complexity index is 577. The van der Waals surface area contributed by atoms with Crippen LogP contribution >= 0.6 is 0 Å². The molecule has 0 radical (unpaired) electrons. The van der Waals surface area contributed by atoms with E-state index >= 15 is 0 Å². The summed E-state index contributed by atoms with van der Waals surface area (Å²) in [6, 6.07) is 7.30. The molecule has 0 fully saturated rings. The van der Waals surface area contributed by atoms with E-state index in [1.54, 1.807) is 12.0 Å². The van der Waals surface area contributed by atoms with Crippen molar-refractivity contribution in [3.63, 3.8) is 0 Å². The van der Waals surface area contributed by atoms with Gasteiger partial charge in [0.25, 0.3) is 5.91 Å². The summed E-state index contributed by atoms with van der Waals surface area (Å²) < 4.78 is 9.93. The van der Waals surface area contributed by atoms with Crippen molar-refractivity contribution >= 4 is 17.6 Å². The molecule has 0 N–H and O–H groups in total. The minimum Gasteiger partial charge on any atom is -0.497 e. The lowest BCUT2D eigenvalue weighted by atomic mass is 10.0. The number of rotatable bonds is 5. The van der Waals surface area contributed by atoms with Gasteiger partial charge in [0.2, 0.25) is 0 Å². The van der Waals surface area contributed by atoms with Crippen LogP contribution in [0, 0.1) is 5.92 Å². The molecule has 0 spiro atoms. The fourth-order valence-electron chi connectivity index (χ4n) is 2.69. The molecule has 0 heterocycles. The predicted octanol–water partition coefficient (Wildman–Crippen LogP) is 2.56. The number of methoxy groups -OCH3 is 2. The van der Waals surface area contributed by atoms with Crippen LogP contribution < -0.4 is 9.64 Å². The molecule has 2 rings (SSSR count). The molecule has 1 aliphatic rings. The third kappa shape index (κ3) is 3.13. The van der Waals surface area contributed by atoms with Gasteiger partial charge in [0.05, 0.1) is 20.1 Å². The first-order valence-corrected chi connectivity index (χ1v) is 7.36. The molecule has 22 heavy (non-hydrogen) atoms. The molecule has 1 atom stereocenters. The number of esters is 1. The normalized spacial score (nSPS) is 16.9. The monoisotopic (exact) mass is 303 g/mol. The largest absolute Gasteiger partial charge is 0.497 e. The first-order chi connectivity index (χ1) is 10.6. The molecule has 0 aliphatic heterocycles. The molecule has 1 aromatic carbocycles. The second kappa shape index (κ2) is 7.11. The lowest BCUT2D eigenvalue weighted by molar-refractivity contribution is -0.144. The molecule has 5 nitrogen and oxygen atoms in total. The standard InChI is InChI=1S/C17H21NO4/c1-4-18(12-8-10-13(21-2)11-9-12)16(19)14-6-5-7-15(14)17(20)22-3/h6,8-11,15H,4-5,7H2,1-3H3. The molecular weight excluding hydrogens is 282 g/mol. The number of hydrogen-bond donors (Lipinski definition) is 0. The zero-order valence-corrected chi connectivity index (χ0v) is 13.2. The number of anilines is 1. The predicted molar refractivity (Wildman–Crippen MR) is 83.8 cm³/mol. The van der Waals surface area contributed by atoms with Crippen LogP contribution in [-0.4, -0.2) is 32.6 Å². The number of hydrogen-bond acceptors (Lipinski definition) is 4. The van der Waals surface area contributed by atoms with Crippen LogP contribution in [0.5, 0.6) is 5.75 Å². The number of amides is 1. The first kappa shape index (κ1) is 16.1. The van der Waals surface area contributed by atoms with Crippen LogP contribution in [-0.2, 0) is 14.3 Å². The minimum absolute atomic E-state index is 0.138. The highest BCUT2D eigenvalue weighted by Gasteiger charge is 2.33. The minimum atomic E-state index is -0.454. The molecule has 0 aromatic heterocycles. The summed E-state index contributed by atoms with van der Waals surface area (Å²) in [5, 5.41) is 0. The van der Waals surface area contributed by atoms with Crippen molar-refractivity contribution in [2.24, 2.45) is 5.92 Å². The van der Waals surface area contributed by atoms with E-state index in [0.29, 0.717) is 18.5 Å². The van der Waals surface area contributed by atoms with E-state index in [0.717, 1.165) is 17.9 Å². The van der Waals surface area contributed by atoms with Crippen molar-refractivity contribution in [2.45, 2.75) is 19.8 Å². The van der Waals surface area contributed by atoms with Gasteiger partial charge in [-0.25, -0.2) is 0 Å². The second-order valence-electron chi connectivity index (χ2n) is 5.06. The topological polar surface area (TPSA) is 55.8 Å². The van der Waals surface area contributed by atoms with Gasteiger partial charge in [0, 0.05) is 17.8 Å². The molecular formula is C17H21NO4. The van der Waals surface area contributed by atoms with Gasteiger partial charge in [-0.05, 0) is 44.0 Å². The van der Waals surface area contributed by atoms with Gasteiger partial charge in [-0.15, -0.1) is 0 Å². The smallest absolute Gasteiger partial charge is 0.313 e. The van der Waals surface area contributed by atoms with E-state index in [1.165, 1.54) is 7.11 Å². The number of carbonyl (C=O) groups is 2. The fourth-order valence-corrected chi connectivity index (χ4v) is 2.69. The number of likely N-dealkylation sites (N-methyl/N-ethyl adjacent to an activating group) is 1. The van der Waals surface area contributed by atoms with Gasteiger partial charge in [0.15, 0.2) is 0 Å². The Morgan fingerprint density at radius 2 is 1.91 bits per heavy atom. The van der Waals surface area contributed by atoms with Crippen molar-refractivity contribution in [1.82, 2.24) is 0 Å². The average Bonchev–Trinajstić information content (AvgIpc) is 3.05. The van der Waals surface area contributed by atoms with Crippen LogP contribution in [0.3, 0.4) is 0 Å². The van der Waals surface area contributed by atoms with Crippen molar-refractivity contribution in [2.75, 3.05) is 25.7 Å². The van der Waals surface area contributed by atoms with Gasteiger partial charge >= 0.3 is 5.97 Å². The molecule has 0 saturated carbocycles. The van der Waals surface area contributed by atoms with Gasteiger partial charge in [-0.3, -0.25) is 9.59 Å². The Hall–Kier alpha value is -2.30. The highest BCUT2D eigenvalue weighted by Crippen LogP contribution is 2.30. The maximum atomic E-state index is 12.8. The first-order valence-electron chi connectivity index (χ1n) is 7.36. The summed E-state index contributed by atoms with van der Waals surface area (Å²) in [5.41, 5.74) is 1.31. The zero-order valence-electron chi connectivity index (χ0n) is 13.2. The highest BCUT2D eigenvalue weighted by molar-refractivity contribution is 6.09. The number of ether oxygens (including phenoxy) is 2. The molecule has 1 unspecified atom stereocenters. The van der Waals surface area contributed by atoms with Gasteiger partial charge < -0.3 is 14.4 Å². The molecule has 5 heteroatoms. The quantitative estimate of drug-likeness (QED) is 0.784. The SMILES string of the molecule is CCN(C(=O)C1=CCCC1C(=O)OC)c1ccc(OC)cc1. The van der Waals surface area contributed by atoms with Crippen LogP contribution in [0.1, 0.15) is 19.8 Å². The second-order valence-corrected chi connectivity index (χ2v) is 5.06. The van der Waals surface area contributed by atoms with E-state index in [4.69, 9.17) is 9.47 Å². The zero-order chi connectivity index (χ0) is 16.1. The molecule has 118 valence electrons. The Labute approximate surface area is 130 Å². The average molecular weight is 303 g/mol. The van der Waals surface area contributed by atoms with Crippen LogP contribution in [0.2, 0.25) is 0 Å². The van der Waals surface area contributed by atoms with Gasteiger partial charge in [-0.1, -0.05) is 6.08 Å². The molecule has 0 saturated heterocycles. The number of nitrogens with zero attached hydrogens (tertiary/aromatic N) is 1. The molecule has 1 aliphatic carbocycles. The lowest BCUT2D eigenvalue weighted by Gasteiger charge is -2.23. The Balaban J connectivity index is 2.22. The Morgan fingerprint density at radius 1 is 1.23 bits per heavy atom. The van der Waals surface area contributed by atoms with Gasteiger partial charge in [0.1, 0.15) is 5.75 Å². The summed E-state index contributed by atoms with van der Waals surface area (Å²) in [4.78, 5) is 26.2. The van der Waals surface area contributed by atoms with Crippen molar-refractivity contribution < 1.29 is 19.1 Å². The molecule has 1 aromatic rings. The van der Waals surface area contributed by atoms with E-state index in [9.17, 15) is 9.59 Å². The van der Waals surface area contributed by atoms with E-state index in [2.05, 4.69) is 0 Å². The summed E-state index contributed by atoms with van der Waals surface area (Å²) in [6.07, 6.45) is 3.20. The summed E-state index contributed by atoms with van der Waals surface area (Å²) in [5.74, 6) is -0.201. The third-order valence-corrected chi connectivity index (χ3v) is 3.87. The molecule has 0 bridgehead atoms. The summed E-state index contributed by atoms with van der Waals surface area (Å²) in [6.45, 7) is 2.43. The number of carbonyl (C=O) groups excluding carboxylic acids is 2.